The van der Waals surface area contributed by atoms with Gasteiger partial charge in [0.2, 0.25) is 15.9 Å². The number of hydrogen-bond acceptors (Lipinski definition) is 7. The molecule has 10 heteroatoms. The van der Waals surface area contributed by atoms with Gasteiger partial charge in [-0.2, -0.15) is 4.31 Å². The Kier molecular flexibility index (Phi) is 7.60. The van der Waals surface area contributed by atoms with Crippen LogP contribution >= 0.6 is 0 Å². The molecular formula is C22H24N2O7S. The second-order valence-electron chi connectivity index (χ2n) is 7.08. The smallest absolute Gasteiger partial charge is 0.338 e. The third-order valence-corrected chi connectivity index (χ3v) is 6.85. The Morgan fingerprint density at radius 2 is 1.38 bits per heavy atom. The molecule has 1 amide bonds. The highest BCUT2D eigenvalue weighted by atomic mass is 32.2. The zero-order chi connectivity index (χ0) is 23.1. The Morgan fingerprint density at radius 3 is 1.97 bits per heavy atom. The van der Waals surface area contributed by atoms with E-state index in [0.717, 1.165) is 0 Å². The second kappa shape index (κ2) is 10.4. The number of rotatable bonds is 7. The Balaban J connectivity index is 1.55. The first-order chi connectivity index (χ1) is 15.3. The third-order valence-electron chi connectivity index (χ3n) is 4.95. The molecule has 0 aromatic heterocycles. The first-order valence-electron chi connectivity index (χ1n) is 10.0. The normalized spacial score (nSPS) is 14.6. The molecule has 0 saturated carbocycles. The number of nitrogens with zero attached hydrogens (tertiary/aromatic N) is 2. The quantitative estimate of drug-likeness (QED) is 0.455. The molecule has 1 aliphatic rings. The van der Waals surface area contributed by atoms with Gasteiger partial charge in [-0.3, -0.25) is 4.79 Å². The summed E-state index contributed by atoms with van der Waals surface area (Å²) >= 11 is 0. The minimum Gasteiger partial charge on any atom is -0.458 e. The van der Waals surface area contributed by atoms with Gasteiger partial charge in [-0.05, 0) is 30.3 Å². The van der Waals surface area contributed by atoms with Crippen LogP contribution in [0.3, 0.4) is 0 Å². The van der Waals surface area contributed by atoms with Gasteiger partial charge in [0.1, 0.15) is 13.2 Å². The van der Waals surface area contributed by atoms with Crippen molar-refractivity contribution in [2.24, 2.45) is 0 Å². The highest BCUT2D eigenvalue weighted by Gasteiger charge is 2.29. The third kappa shape index (κ3) is 5.71. The average molecular weight is 461 g/mol. The van der Waals surface area contributed by atoms with Crippen LogP contribution in [0.2, 0.25) is 0 Å². The van der Waals surface area contributed by atoms with Crippen molar-refractivity contribution in [3.63, 3.8) is 0 Å². The largest absolute Gasteiger partial charge is 0.458 e. The number of esters is 2. The number of ether oxygens (including phenoxy) is 2. The number of hydrogen-bond donors (Lipinski definition) is 0. The maximum absolute atomic E-state index is 12.9. The van der Waals surface area contributed by atoms with Crippen LogP contribution in [0.25, 0.3) is 0 Å². The number of amides is 1. The summed E-state index contributed by atoms with van der Waals surface area (Å²) in [6.07, 6.45) is 0. The topological polar surface area (TPSA) is 110 Å². The molecule has 0 spiro atoms. The zero-order valence-corrected chi connectivity index (χ0v) is 18.4. The van der Waals surface area contributed by atoms with Crippen LogP contribution in [0, 0.1) is 0 Å². The van der Waals surface area contributed by atoms with Crippen LogP contribution in [-0.4, -0.2) is 74.9 Å². The van der Waals surface area contributed by atoms with Gasteiger partial charge < -0.3 is 14.4 Å². The van der Waals surface area contributed by atoms with Gasteiger partial charge in [0, 0.05) is 33.1 Å². The Morgan fingerprint density at radius 1 is 0.812 bits per heavy atom. The van der Waals surface area contributed by atoms with Crippen LogP contribution in [0.15, 0.2) is 59.5 Å². The van der Waals surface area contributed by atoms with E-state index in [1.54, 1.807) is 35.2 Å². The minimum atomic E-state index is -3.82. The lowest BCUT2D eigenvalue weighted by molar-refractivity contribution is -0.129. The lowest BCUT2D eigenvalue weighted by Crippen LogP contribution is -2.49. The first-order valence-corrected chi connectivity index (χ1v) is 11.5. The van der Waals surface area contributed by atoms with Gasteiger partial charge in [-0.15, -0.1) is 0 Å². The predicted molar refractivity (Wildman–Crippen MR) is 114 cm³/mol. The number of benzene rings is 2. The highest BCUT2D eigenvalue weighted by molar-refractivity contribution is 7.89. The molecule has 3 rings (SSSR count). The Hall–Kier alpha value is -3.24. The van der Waals surface area contributed by atoms with Crippen molar-refractivity contribution in [2.45, 2.75) is 11.8 Å². The van der Waals surface area contributed by atoms with E-state index in [4.69, 9.17) is 9.47 Å². The van der Waals surface area contributed by atoms with E-state index in [0.29, 0.717) is 18.7 Å². The molecule has 0 bridgehead atoms. The summed E-state index contributed by atoms with van der Waals surface area (Å²) in [6, 6.07) is 14.0. The molecule has 0 unspecified atom stereocenters. The van der Waals surface area contributed by atoms with E-state index in [9.17, 15) is 22.8 Å². The zero-order valence-electron chi connectivity index (χ0n) is 17.6. The van der Waals surface area contributed by atoms with E-state index >= 15 is 0 Å². The fourth-order valence-electron chi connectivity index (χ4n) is 3.19. The molecule has 2 aromatic carbocycles. The van der Waals surface area contributed by atoms with Crippen molar-refractivity contribution in [3.05, 3.63) is 65.7 Å². The maximum Gasteiger partial charge on any atom is 0.338 e. The van der Waals surface area contributed by atoms with Crippen LogP contribution < -0.4 is 0 Å². The van der Waals surface area contributed by atoms with Crippen LogP contribution in [0.5, 0.6) is 0 Å². The van der Waals surface area contributed by atoms with Gasteiger partial charge in [0.25, 0.3) is 0 Å². The Labute approximate surface area is 186 Å². The van der Waals surface area contributed by atoms with E-state index in [1.165, 1.54) is 35.5 Å². The molecule has 1 aliphatic heterocycles. The summed E-state index contributed by atoms with van der Waals surface area (Å²) in [5, 5.41) is 0. The molecule has 170 valence electrons. The fraction of sp³-hybridized carbons (Fsp3) is 0.318. The number of carbonyl (C=O) groups is 3. The lowest BCUT2D eigenvalue weighted by atomic mass is 10.2. The fourth-order valence-corrected chi connectivity index (χ4v) is 4.65. The summed E-state index contributed by atoms with van der Waals surface area (Å²) in [6.45, 7) is 2.16. The van der Waals surface area contributed by atoms with Gasteiger partial charge >= 0.3 is 11.9 Å². The summed E-state index contributed by atoms with van der Waals surface area (Å²) in [4.78, 5) is 37.2. The van der Waals surface area contributed by atoms with Crippen molar-refractivity contribution in [3.8, 4) is 0 Å². The molecule has 1 fully saturated rings. The molecule has 32 heavy (non-hydrogen) atoms. The lowest BCUT2D eigenvalue weighted by Gasteiger charge is -2.33. The van der Waals surface area contributed by atoms with Gasteiger partial charge in [-0.1, -0.05) is 24.3 Å². The van der Waals surface area contributed by atoms with Gasteiger partial charge in [0.05, 0.1) is 16.0 Å². The van der Waals surface area contributed by atoms with E-state index in [-0.39, 0.29) is 42.7 Å². The molecular weight excluding hydrogens is 436 g/mol. The number of sulfonamides is 1. The molecule has 2 aromatic rings. The highest BCUT2D eigenvalue weighted by Crippen LogP contribution is 2.19. The standard InChI is InChI=1S/C22H24N2O7S/c1-17(25)23-10-12-24(13-11-23)32(28,29)20-9-5-8-19(16-20)22(27)31-15-14-30-21(26)18-6-3-2-4-7-18/h2-9,16H,10-15H2,1H3. The molecule has 9 nitrogen and oxygen atoms in total. The minimum absolute atomic E-state index is 0.0290. The van der Waals surface area contributed by atoms with E-state index in [2.05, 4.69) is 0 Å². The second-order valence-corrected chi connectivity index (χ2v) is 9.01. The van der Waals surface area contributed by atoms with Crippen molar-refractivity contribution in [1.82, 2.24) is 9.21 Å². The Bertz CT molecular complexity index is 1080. The summed E-state index contributed by atoms with van der Waals surface area (Å²) in [5.74, 6) is -1.35. The van der Waals surface area contributed by atoms with Gasteiger partial charge in [-0.25, -0.2) is 18.0 Å². The molecule has 1 saturated heterocycles. The molecule has 0 aliphatic carbocycles. The van der Waals surface area contributed by atoms with Crippen molar-refractivity contribution < 1.29 is 32.3 Å². The number of piperazine rings is 1. The summed E-state index contributed by atoms with van der Waals surface area (Å²) in [7, 11) is -3.82. The number of carbonyl (C=O) groups excluding carboxylic acids is 3. The maximum atomic E-state index is 12.9. The predicted octanol–water partition coefficient (Wildman–Crippen LogP) is 1.55. The van der Waals surface area contributed by atoms with Crippen LogP contribution in [0.1, 0.15) is 27.6 Å². The molecule has 0 N–H and O–H groups in total. The van der Waals surface area contributed by atoms with Crippen molar-refractivity contribution in [2.75, 3.05) is 39.4 Å². The van der Waals surface area contributed by atoms with E-state index in [1.807, 2.05) is 0 Å². The SMILES string of the molecule is CC(=O)N1CCN(S(=O)(=O)c2cccc(C(=O)OCCOC(=O)c3ccccc3)c2)CC1. The molecule has 0 radical (unpaired) electrons. The molecule has 1 heterocycles. The summed E-state index contributed by atoms with van der Waals surface area (Å²) < 4.78 is 37.3. The van der Waals surface area contributed by atoms with Crippen LogP contribution in [0.4, 0.5) is 0 Å². The van der Waals surface area contributed by atoms with Crippen molar-refractivity contribution in [1.29, 1.82) is 0 Å². The van der Waals surface area contributed by atoms with Crippen molar-refractivity contribution >= 4 is 27.9 Å². The average Bonchev–Trinajstić information content (AvgIpc) is 2.82. The van der Waals surface area contributed by atoms with E-state index < -0.39 is 22.0 Å². The monoisotopic (exact) mass is 460 g/mol. The van der Waals surface area contributed by atoms with Crippen LogP contribution in [-0.2, 0) is 24.3 Å². The van der Waals surface area contributed by atoms with Gasteiger partial charge in [0.15, 0.2) is 0 Å². The first kappa shape index (κ1) is 23.4. The molecule has 0 atom stereocenters. The summed E-state index contributed by atoms with van der Waals surface area (Å²) in [5.41, 5.74) is 0.462.